The molecule has 0 N–H and O–H groups in total. The van der Waals surface area contributed by atoms with Crippen molar-refractivity contribution in [3.05, 3.63) is 66.7 Å². The summed E-state index contributed by atoms with van der Waals surface area (Å²) in [5.41, 5.74) is 2.63. The zero-order valence-corrected chi connectivity index (χ0v) is 19.4. The predicted octanol–water partition coefficient (Wildman–Crippen LogP) is 3.87. The summed E-state index contributed by atoms with van der Waals surface area (Å²) >= 11 is 0. The number of amides is 1. The van der Waals surface area contributed by atoms with E-state index in [1.807, 2.05) is 60.7 Å². The smallest absolute Gasteiger partial charge is 0.344 e. The van der Waals surface area contributed by atoms with Crippen LogP contribution in [0, 0.1) is 0 Å². The van der Waals surface area contributed by atoms with Crippen LogP contribution in [0.4, 0.5) is 5.69 Å². The van der Waals surface area contributed by atoms with Crippen LogP contribution >= 0.6 is 0 Å². The van der Waals surface area contributed by atoms with Gasteiger partial charge in [0.2, 0.25) is 0 Å². The molecule has 180 valence electrons. The molecule has 0 atom stereocenters. The molecule has 1 aliphatic rings. The second-order valence-electron chi connectivity index (χ2n) is 8.27. The number of carbonyl (C=O) groups excluding carboxylic acids is 2. The first kappa shape index (κ1) is 22.6. The SMILES string of the molecule is COc1ccc(N2CCN(C(=O)COC(=O)COc3ccc4oc5ccccc5c4c3)CC2)cc1. The number of esters is 1. The summed E-state index contributed by atoms with van der Waals surface area (Å²) in [6, 6.07) is 21.0. The Balaban J connectivity index is 1.08. The van der Waals surface area contributed by atoms with Gasteiger partial charge < -0.3 is 28.4 Å². The fourth-order valence-electron chi connectivity index (χ4n) is 4.22. The zero-order chi connectivity index (χ0) is 24.2. The molecule has 0 saturated carbocycles. The topological polar surface area (TPSA) is 81.5 Å². The Kier molecular flexibility index (Phi) is 6.43. The van der Waals surface area contributed by atoms with Gasteiger partial charge in [-0.1, -0.05) is 18.2 Å². The molecule has 1 fully saturated rings. The minimum absolute atomic E-state index is 0.209. The fraction of sp³-hybridized carbons (Fsp3) is 0.259. The fourth-order valence-corrected chi connectivity index (χ4v) is 4.22. The highest BCUT2D eigenvalue weighted by Gasteiger charge is 2.22. The summed E-state index contributed by atoms with van der Waals surface area (Å²) in [6.45, 7) is 1.98. The summed E-state index contributed by atoms with van der Waals surface area (Å²) in [4.78, 5) is 28.6. The van der Waals surface area contributed by atoms with E-state index in [9.17, 15) is 9.59 Å². The van der Waals surface area contributed by atoms with Crippen molar-refractivity contribution in [2.24, 2.45) is 0 Å². The maximum Gasteiger partial charge on any atom is 0.344 e. The molecule has 1 aromatic heterocycles. The average Bonchev–Trinajstić information content (AvgIpc) is 3.28. The molecule has 0 unspecified atom stereocenters. The molecule has 8 heteroatoms. The number of nitrogens with zero attached hydrogens (tertiary/aromatic N) is 2. The Hall–Kier alpha value is -4.20. The van der Waals surface area contributed by atoms with Gasteiger partial charge in [0.05, 0.1) is 7.11 Å². The third kappa shape index (κ3) is 5.01. The van der Waals surface area contributed by atoms with Gasteiger partial charge in [0.1, 0.15) is 22.7 Å². The van der Waals surface area contributed by atoms with Gasteiger partial charge in [0.25, 0.3) is 5.91 Å². The number of hydrogen-bond acceptors (Lipinski definition) is 7. The summed E-state index contributed by atoms with van der Waals surface area (Å²) in [6.07, 6.45) is 0. The molecule has 0 aliphatic carbocycles. The number of para-hydroxylation sites is 1. The first-order valence-electron chi connectivity index (χ1n) is 11.5. The zero-order valence-electron chi connectivity index (χ0n) is 19.4. The van der Waals surface area contributed by atoms with E-state index >= 15 is 0 Å². The predicted molar refractivity (Wildman–Crippen MR) is 132 cm³/mol. The Morgan fingerprint density at radius 3 is 2.31 bits per heavy atom. The largest absolute Gasteiger partial charge is 0.497 e. The van der Waals surface area contributed by atoms with Gasteiger partial charge in [-0.2, -0.15) is 0 Å². The molecule has 35 heavy (non-hydrogen) atoms. The minimum Gasteiger partial charge on any atom is -0.497 e. The van der Waals surface area contributed by atoms with Crippen molar-refractivity contribution < 1.29 is 28.2 Å². The Labute approximate surface area is 202 Å². The van der Waals surface area contributed by atoms with Crippen molar-refractivity contribution >= 4 is 39.5 Å². The first-order valence-corrected chi connectivity index (χ1v) is 11.5. The Bertz CT molecular complexity index is 1340. The molecule has 8 nitrogen and oxygen atoms in total. The lowest BCUT2D eigenvalue weighted by molar-refractivity contribution is -0.153. The number of hydrogen-bond donors (Lipinski definition) is 0. The van der Waals surface area contributed by atoms with Crippen LogP contribution in [0.2, 0.25) is 0 Å². The van der Waals surface area contributed by atoms with Crippen LogP contribution in [-0.4, -0.2) is 63.3 Å². The molecule has 4 aromatic rings. The normalized spacial score (nSPS) is 13.7. The maximum atomic E-state index is 12.5. The van der Waals surface area contributed by atoms with E-state index in [2.05, 4.69) is 4.90 Å². The second-order valence-corrected chi connectivity index (χ2v) is 8.27. The molecule has 0 radical (unpaired) electrons. The molecule has 3 aromatic carbocycles. The van der Waals surface area contributed by atoms with Crippen LogP contribution < -0.4 is 14.4 Å². The van der Waals surface area contributed by atoms with Crippen molar-refractivity contribution in [1.82, 2.24) is 4.90 Å². The lowest BCUT2D eigenvalue weighted by Crippen LogP contribution is -2.50. The summed E-state index contributed by atoms with van der Waals surface area (Å²) in [5.74, 6) is 0.539. The van der Waals surface area contributed by atoms with E-state index in [4.69, 9.17) is 18.6 Å². The maximum absolute atomic E-state index is 12.5. The molecule has 1 aliphatic heterocycles. The Morgan fingerprint density at radius 2 is 1.54 bits per heavy atom. The van der Waals surface area contributed by atoms with E-state index in [1.165, 1.54) is 0 Å². The molecule has 1 amide bonds. The number of methoxy groups -OCH3 is 1. The van der Waals surface area contributed by atoms with Gasteiger partial charge in [-0.05, 0) is 48.5 Å². The van der Waals surface area contributed by atoms with Crippen LogP contribution in [0.5, 0.6) is 11.5 Å². The number of fused-ring (bicyclic) bond motifs is 3. The highest BCUT2D eigenvalue weighted by Crippen LogP contribution is 2.31. The van der Waals surface area contributed by atoms with E-state index in [0.29, 0.717) is 31.9 Å². The van der Waals surface area contributed by atoms with Crippen LogP contribution in [0.3, 0.4) is 0 Å². The summed E-state index contributed by atoms with van der Waals surface area (Å²) < 4.78 is 21.7. The quantitative estimate of drug-likeness (QED) is 0.376. The molecule has 0 spiro atoms. The lowest BCUT2D eigenvalue weighted by atomic mass is 10.1. The van der Waals surface area contributed by atoms with Gasteiger partial charge in [0.15, 0.2) is 13.2 Å². The third-order valence-corrected chi connectivity index (χ3v) is 6.13. The van der Waals surface area contributed by atoms with Crippen LogP contribution in [0.1, 0.15) is 0 Å². The highest BCUT2D eigenvalue weighted by atomic mass is 16.6. The monoisotopic (exact) mass is 474 g/mol. The van der Waals surface area contributed by atoms with E-state index < -0.39 is 5.97 Å². The highest BCUT2D eigenvalue weighted by molar-refractivity contribution is 6.05. The third-order valence-electron chi connectivity index (χ3n) is 6.13. The standard InChI is InChI=1S/C27H26N2O6/c1-32-20-8-6-19(7-9-20)28-12-14-29(15-13-28)26(30)17-34-27(31)18-33-21-10-11-25-23(16-21)22-4-2-3-5-24(22)35-25/h2-11,16H,12-15,17-18H2,1H3. The van der Waals surface area contributed by atoms with Crippen molar-refractivity contribution in [1.29, 1.82) is 0 Å². The van der Waals surface area contributed by atoms with E-state index in [0.717, 1.165) is 33.4 Å². The number of carbonyl (C=O) groups is 2. The number of piperazine rings is 1. The van der Waals surface area contributed by atoms with Crippen LogP contribution in [0.25, 0.3) is 21.9 Å². The lowest BCUT2D eigenvalue weighted by Gasteiger charge is -2.36. The molecule has 1 saturated heterocycles. The average molecular weight is 475 g/mol. The van der Waals surface area contributed by atoms with Crippen molar-refractivity contribution in [2.75, 3.05) is 51.4 Å². The number of ether oxygens (including phenoxy) is 3. The number of anilines is 1. The first-order chi connectivity index (χ1) is 17.1. The van der Waals surface area contributed by atoms with Crippen molar-refractivity contribution in [3.8, 4) is 11.5 Å². The molecule has 0 bridgehead atoms. The summed E-state index contributed by atoms with van der Waals surface area (Å²) in [7, 11) is 1.64. The van der Waals surface area contributed by atoms with Crippen molar-refractivity contribution in [2.45, 2.75) is 0 Å². The van der Waals surface area contributed by atoms with Gasteiger partial charge in [-0.25, -0.2) is 4.79 Å². The van der Waals surface area contributed by atoms with Gasteiger partial charge in [-0.3, -0.25) is 4.79 Å². The molecule has 5 rings (SSSR count). The second kappa shape index (κ2) is 9.97. The van der Waals surface area contributed by atoms with E-state index in [-0.39, 0.29) is 19.1 Å². The van der Waals surface area contributed by atoms with Gasteiger partial charge in [0, 0.05) is 42.6 Å². The van der Waals surface area contributed by atoms with Crippen molar-refractivity contribution in [3.63, 3.8) is 0 Å². The molecular weight excluding hydrogens is 448 g/mol. The van der Waals surface area contributed by atoms with Gasteiger partial charge in [-0.15, -0.1) is 0 Å². The van der Waals surface area contributed by atoms with Gasteiger partial charge >= 0.3 is 5.97 Å². The summed E-state index contributed by atoms with van der Waals surface area (Å²) in [5, 5.41) is 1.89. The van der Waals surface area contributed by atoms with E-state index in [1.54, 1.807) is 18.1 Å². The number of rotatable bonds is 7. The van der Waals surface area contributed by atoms with Crippen LogP contribution in [0.15, 0.2) is 71.1 Å². The molecular formula is C27H26N2O6. The minimum atomic E-state index is -0.590. The Morgan fingerprint density at radius 1 is 0.829 bits per heavy atom. The van der Waals surface area contributed by atoms with Crippen LogP contribution in [-0.2, 0) is 14.3 Å². The number of furan rings is 1. The molecule has 2 heterocycles. The number of benzene rings is 3.